The molecule has 2 rings (SSSR count). The van der Waals surface area contributed by atoms with Gasteiger partial charge in [-0.05, 0) is 47.4 Å². The van der Waals surface area contributed by atoms with Gasteiger partial charge in [0.25, 0.3) is 0 Å². The van der Waals surface area contributed by atoms with Crippen molar-refractivity contribution in [2.75, 3.05) is 5.32 Å². The van der Waals surface area contributed by atoms with E-state index in [4.69, 9.17) is 0 Å². The number of carbonyl (C=O) groups excluding carboxylic acids is 1. The first-order chi connectivity index (χ1) is 10.0. The summed E-state index contributed by atoms with van der Waals surface area (Å²) >= 11 is 0. The maximum absolute atomic E-state index is 12.8. The number of amides is 1. The third-order valence-electron chi connectivity index (χ3n) is 3.14. The fourth-order valence-corrected chi connectivity index (χ4v) is 1.88. The molecule has 0 radical (unpaired) electrons. The molecule has 1 N–H and O–H groups in total. The smallest absolute Gasteiger partial charge is 0.248 e. The average Bonchev–Trinajstić information content (AvgIpc) is 2.47. The van der Waals surface area contributed by atoms with Gasteiger partial charge in [0.15, 0.2) is 0 Å². The highest BCUT2D eigenvalue weighted by atomic mass is 19.1. The molecule has 0 saturated carbocycles. The maximum Gasteiger partial charge on any atom is 0.248 e. The molecule has 0 bridgehead atoms. The first-order valence-electron chi connectivity index (χ1n) is 6.89. The first kappa shape index (κ1) is 15.0. The first-order valence-corrected chi connectivity index (χ1v) is 6.89. The van der Waals surface area contributed by atoms with Crippen LogP contribution in [0.25, 0.3) is 6.08 Å². The third-order valence-corrected chi connectivity index (χ3v) is 3.14. The van der Waals surface area contributed by atoms with E-state index in [2.05, 4.69) is 19.2 Å². The van der Waals surface area contributed by atoms with Crippen molar-refractivity contribution in [3.63, 3.8) is 0 Å². The second kappa shape index (κ2) is 6.84. The summed E-state index contributed by atoms with van der Waals surface area (Å²) in [5.74, 6) is -0.0356. The van der Waals surface area contributed by atoms with E-state index in [0.29, 0.717) is 5.92 Å². The zero-order valence-electron chi connectivity index (χ0n) is 12.1. The minimum absolute atomic E-state index is 0.211. The second-order valence-electron chi connectivity index (χ2n) is 5.15. The van der Waals surface area contributed by atoms with E-state index in [1.54, 1.807) is 18.2 Å². The van der Waals surface area contributed by atoms with Crippen LogP contribution in [-0.4, -0.2) is 5.91 Å². The van der Waals surface area contributed by atoms with Crippen LogP contribution in [0.15, 0.2) is 54.6 Å². The van der Waals surface area contributed by atoms with Crippen LogP contribution in [0.1, 0.15) is 30.9 Å². The highest BCUT2D eigenvalue weighted by molar-refractivity contribution is 6.01. The Morgan fingerprint density at radius 1 is 1.05 bits per heavy atom. The number of benzene rings is 2. The van der Waals surface area contributed by atoms with Gasteiger partial charge in [0, 0.05) is 11.8 Å². The highest BCUT2D eigenvalue weighted by Crippen LogP contribution is 2.17. The fraction of sp³-hybridized carbons (Fsp3) is 0.167. The molecule has 0 aliphatic rings. The Morgan fingerprint density at radius 2 is 1.67 bits per heavy atom. The molecule has 21 heavy (non-hydrogen) atoms. The van der Waals surface area contributed by atoms with E-state index >= 15 is 0 Å². The summed E-state index contributed by atoms with van der Waals surface area (Å²) in [7, 11) is 0. The molecule has 0 aromatic heterocycles. The van der Waals surface area contributed by atoms with Gasteiger partial charge in [-0.15, -0.1) is 0 Å². The largest absolute Gasteiger partial charge is 0.323 e. The lowest BCUT2D eigenvalue weighted by Crippen LogP contribution is -2.07. The Kier molecular flexibility index (Phi) is 4.88. The van der Waals surface area contributed by atoms with Crippen molar-refractivity contribution < 1.29 is 9.18 Å². The summed E-state index contributed by atoms with van der Waals surface area (Å²) in [6.07, 6.45) is 3.08. The quantitative estimate of drug-likeness (QED) is 0.816. The molecule has 0 atom stereocenters. The highest BCUT2D eigenvalue weighted by Gasteiger charge is 2.01. The van der Waals surface area contributed by atoms with E-state index in [1.807, 2.05) is 24.3 Å². The van der Waals surface area contributed by atoms with E-state index in [-0.39, 0.29) is 11.7 Å². The van der Waals surface area contributed by atoms with Crippen LogP contribution in [0.3, 0.4) is 0 Å². The van der Waals surface area contributed by atoms with Gasteiger partial charge in [-0.3, -0.25) is 4.79 Å². The number of hydrogen-bond acceptors (Lipinski definition) is 1. The Bertz CT molecular complexity index is 627. The van der Waals surface area contributed by atoms with Crippen LogP contribution < -0.4 is 5.32 Å². The molecule has 3 heteroatoms. The standard InChI is InChI=1S/C18H18FNO/c1-13(2)15-6-10-17(11-7-15)20-18(21)12-5-14-3-8-16(19)9-4-14/h3-13H,1-2H3,(H,20,21)/b12-5+. The molecule has 0 spiro atoms. The molecule has 2 nitrogen and oxygen atoms in total. The summed E-state index contributed by atoms with van der Waals surface area (Å²) in [6, 6.07) is 13.8. The molecule has 0 fully saturated rings. The SMILES string of the molecule is CC(C)c1ccc(NC(=O)/C=C/c2ccc(F)cc2)cc1. The molecular formula is C18H18FNO. The van der Waals surface area contributed by atoms with Crippen LogP contribution in [0, 0.1) is 5.82 Å². The fourth-order valence-electron chi connectivity index (χ4n) is 1.88. The number of rotatable bonds is 4. The molecule has 0 heterocycles. The van der Waals surface area contributed by atoms with Crippen LogP contribution in [0.4, 0.5) is 10.1 Å². The van der Waals surface area contributed by atoms with Gasteiger partial charge < -0.3 is 5.32 Å². The molecule has 0 unspecified atom stereocenters. The van der Waals surface area contributed by atoms with Crippen LogP contribution in [-0.2, 0) is 4.79 Å². The lowest BCUT2D eigenvalue weighted by Gasteiger charge is -2.07. The van der Waals surface area contributed by atoms with E-state index in [0.717, 1.165) is 11.3 Å². The minimum Gasteiger partial charge on any atom is -0.323 e. The van der Waals surface area contributed by atoms with Crippen LogP contribution in [0.2, 0.25) is 0 Å². The summed E-state index contributed by atoms with van der Waals surface area (Å²) < 4.78 is 12.8. The molecule has 2 aromatic carbocycles. The zero-order valence-corrected chi connectivity index (χ0v) is 12.1. The maximum atomic E-state index is 12.8. The van der Waals surface area contributed by atoms with Gasteiger partial charge in [-0.1, -0.05) is 38.1 Å². The molecule has 0 aliphatic heterocycles. The van der Waals surface area contributed by atoms with Crippen molar-refractivity contribution in [3.05, 3.63) is 71.6 Å². The van der Waals surface area contributed by atoms with Crippen molar-refractivity contribution in [2.45, 2.75) is 19.8 Å². The number of halogens is 1. The number of carbonyl (C=O) groups is 1. The Labute approximate surface area is 124 Å². The minimum atomic E-state index is -0.290. The number of anilines is 1. The van der Waals surface area contributed by atoms with E-state index in [9.17, 15) is 9.18 Å². The van der Waals surface area contributed by atoms with Crippen molar-refractivity contribution >= 4 is 17.7 Å². The Hall–Kier alpha value is -2.42. The molecular weight excluding hydrogens is 265 g/mol. The van der Waals surface area contributed by atoms with Gasteiger partial charge in [-0.25, -0.2) is 4.39 Å². The van der Waals surface area contributed by atoms with Crippen molar-refractivity contribution in [3.8, 4) is 0 Å². The summed E-state index contributed by atoms with van der Waals surface area (Å²) in [6.45, 7) is 4.25. The van der Waals surface area contributed by atoms with Crippen molar-refractivity contribution in [2.24, 2.45) is 0 Å². The van der Waals surface area contributed by atoms with Crippen molar-refractivity contribution in [1.82, 2.24) is 0 Å². The Morgan fingerprint density at radius 3 is 2.24 bits per heavy atom. The van der Waals surface area contributed by atoms with Gasteiger partial charge in [0.05, 0.1) is 0 Å². The predicted octanol–water partition coefficient (Wildman–Crippen LogP) is 4.60. The van der Waals surface area contributed by atoms with Gasteiger partial charge in [-0.2, -0.15) is 0 Å². The van der Waals surface area contributed by atoms with Gasteiger partial charge >= 0.3 is 0 Å². The predicted molar refractivity (Wildman–Crippen MR) is 84.6 cm³/mol. The monoisotopic (exact) mass is 283 g/mol. The third kappa shape index (κ3) is 4.56. The molecule has 2 aromatic rings. The van der Waals surface area contributed by atoms with Crippen LogP contribution in [0.5, 0.6) is 0 Å². The topological polar surface area (TPSA) is 29.1 Å². The average molecular weight is 283 g/mol. The number of nitrogens with one attached hydrogen (secondary N) is 1. The lowest BCUT2D eigenvalue weighted by molar-refractivity contribution is -0.111. The van der Waals surface area contributed by atoms with Gasteiger partial charge in [0.1, 0.15) is 5.82 Å². The van der Waals surface area contributed by atoms with E-state index < -0.39 is 0 Å². The number of hydrogen-bond donors (Lipinski definition) is 1. The van der Waals surface area contributed by atoms with E-state index in [1.165, 1.54) is 23.8 Å². The van der Waals surface area contributed by atoms with Gasteiger partial charge in [0.2, 0.25) is 5.91 Å². The molecule has 0 aliphatic carbocycles. The molecule has 108 valence electrons. The normalized spacial score (nSPS) is 11.0. The molecule has 1 amide bonds. The zero-order chi connectivity index (χ0) is 15.2. The lowest BCUT2D eigenvalue weighted by atomic mass is 10.0. The van der Waals surface area contributed by atoms with Crippen LogP contribution >= 0.6 is 0 Å². The molecule has 0 saturated heterocycles. The summed E-state index contributed by atoms with van der Waals surface area (Å²) in [5, 5.41) is 2.79. The summed E-state index contributed by atoms with van der Waals surface area (Å²) in [4.78, 5) is 11.8. The van der Waals surface area contributed by atoms with Crippen molar-refractivity contribution in [1.29, 1.82) is 0 Å². The summed E-state index contributed by atoms with van der Waals surface area (Å²) in [5.41, 5.74) is 2.77. The Balaban J connectivity index is 1.96. The second-order valence-corrected chi connectivity index (χ2v) is 5.15.